The molecule has 0 bridgehead atoms. The maximum Gasteiger partial charge on any atom is 0.325 e. The molecule has 2 fully saturated rings. The number of amides is 3. The summed E-state index contributed by atoms with van der Waals surface area (Å²) < 4.78 is 5.70. The van der Waals surface area contributed by atoms with Crippen LogP contribution in [0.5, 0.6) is 5.75 Å². The van der Waals surface area contributed by atoms with Gasteiger partial charge in [0.05, 0.1) is 0 Å². The highest BCUT2D eigenvalue weighted by molar-refractivity contribution is 6.07. The lowest BCUT2D eigenvalue weighted by atomic mass is 9.99. The summed E-state index contributed by atoms with van der Waals surface area (Å²) in [6.07, 6.45) is 0.659. The number of carbonyl (C=O) groups excluding carboxylic acids is 2. The van der Waals surface area contributed by atoms with E-state index in [2.05, 4.69) is 10.2 Å². The SMILES string of the molecule is CC(C)N1C(=O)NC2(CCN(CCOc3ccccc3)C2)C1=O. The average molecular weight is 317 g/mol. The lowest BCUT2D eigenvalue weighted by Gasteiger charge is -2.23. The summed E-state index contributed by atoms with van der Waals surface area (Å²) in [5.74, 6) is 0.751. The summed E-state index contributed by atoms with van der Waals surface area (Å²) in [6, 6.07) is 9.29. The van der Waals surface area contributed by atoms with Gasteiger partial charge < -0.3 is 10.1 Å². The van der Waals surface area contributed by atoms with E-state index in [9.17, 15) is 9.59 Å². The van der Waals surface area contributed by atoms with Crippen LogP contribution in [0.3, 0.4) is 0 Å². The van der Waals surface area contributed by atoms with Crippen LogP contribution in [0.15, 0.2) is 30.3 Å². The van der Waals surface area contributed by atoms with Crippen molar-refractivity contribution in [3.8, 4) is 5.75 Å². The van der Waals surface area contributed by atoms with Crippen LogP contribution in [-0.4, -0.2) is 59.6 Å². The highest BCUT2D eigenvalue weighted by Crippen LogP contribution is 2.29. The molecule has 124 valence electrons. The van der Waals surface area contributed by atoms with E-state index in [4.69, 9.17) is 4.74 Å². The van der Waals surface area contributed by atoms with E-state index >= 15 is 0 Å². The van der Waals surface area contributed by atoms with E-state index in [0.29, 0.717) is 19.6 Å². The molecule has 23 heavy (non-hydrogen) atoms. The molecule has 6 nitrogen and oxygen atoms in total. The van der Waals surface area contributed by atoms with Crippen LogP contribution in [0.1, 0.15) is 20.3 Å². The van der Waals surface area contributed by atoms with Crippen molar-refractivity contribution in [3.63, 3.8) is 0 Å². The average Bonchev–Trinajstić information content (AvgIpc) is 3.02. The van der Waals surface area contributed by atoms with Gasteiger partial charge in [-0.3, -0.25) is 14.6 Å². The third-order valence-corrected chi connectivity index (χ3v) is 4.48. The Bertz CT molecular complexity index is 590. The van der Waals surface area contributed by atoms with Gasteiger partial charge >= 0.3 is 6.03 Å². The molecule has 3 rings (SSSR count). The molecule has 2 aliphatic rings. The van der Waals surface area contributed by atoms with Gasteiger partial charge in [-0.05, 0) is 32.4 Å². The number of hydrogen-bond donors (Lipinski definition) is 1. The van der Waals surface area contributed by atoms with Crippen molar-refractivity contribution in [2.24, 2.45) is 0 Å². The Labute approximate surface area is 136 Å². The number of likely N-dealkylation sites (tertiary alicyclic amines) is 1. The van der Waals surface area contributed by atoms with Gasteiger partial charge in [-0.2, -0.15) is 0 Å². The van der Waals surface area contributed by atoms with Crippen molar-refractivity contribution in [2.75, 3.05) is 26.2 Å². The van der Waals surface area contributed by atoms with Crippen molar-refractivity contribution in [2.45, 2.75) is 31.8 Å². The van der Waals surface area contributed by atoms with Gasteiger partial charge in [0.2, 0.25) is 0 Å². The number of benzene rings is 1. The number of imide groups is 1. The van der Waals surface area contributed by atoms with E-state index in [0.717, 1.165) is 18.8 Å². The van der Waals surface area contributed by atoms with Gasteiger partial charge in [-0.25, -0.2) is 4.79 Å². The molecular formula is C17H23N3O3. The topological polar surface area (TPSA) is 61.9 Å². The number of nitrogens with one attached hydrogen (secondary N) is 1. The van der Waals surface area contributed by atoms with Gasteiger partial charge in [0, 0.05) is 25.7 Å². The number of hydrogen-bond acceptors (Lipinski definition) is 4. The summed E-state index contributed by atoms with van der Waals surface area (Å²) in [7, 11) is 0. The summed E-state index contributed by atoms with van der Waals surface area (Å²) >= 11 is 0. The molecule has 2 aliphatic heterocycles. The van der Waals surface area contributed by atoms with Gasteiger partial charge in [0.25, 0.3) is 5.91 Å². The minimum atomic E-state index is -0.742. The van der Waals surface area contributed by atoms with E-state index in [-0.39, 0.29) is 18.0 Å². The number of carbonyl (C=O) groups is 2. The fourth-order valence-corrected chi connectivity index (χ4v) is 3.28. The van der Waals surface area contributed by atoms with Crippen molar-refractivity contribution in [1.82, 2.24) is 15.1 Å². The number of rotatable bonds is 5. The fourth-order valence-electron chi connectivity index (χ4n) is 3.28. The minimum Gasteiger partial charge on any atom is -0.492 e. The number of urea groups is 1. The quantitative estimate of drug-likeness (QED) is 0.836. The highest BCUT2D eigenvalue weighted by atomic mass is 16.5. The van der Waals surface area contributed by atoms with Crippen LogP contribution in [-0.2, 0) is 4.79 Å². The largest absolute Gasteiger partial charge is 0.492 e. The number of nitrogens with zero attached hydrogens (tertiary/aromatic N) is 2. The van der Waals surface area contributed by atoms with Gasteiger partial charge in [-0.15, -0.1) is 0 Å². The first-order chi connectivity index (χ1) is 11.0. The lowest BCUT2D eigenvalue weighted by Crippen LogP contribution is -2.49. The van der Waals surface area contributed by atoms with Crippen LogP contribution >= 0.6 is 0 Å². The van der Waals surface area contributed by atoms with Crippen LogP contribution in [0.4, 0.5) is 4.79 Å². The second kappa shape index (κ2) is 6.20. The monoisotopic (exact) mass is 317 g/mol. The fraction of sp³-hybridized carbons (Fsp3) is 0.529. The zero-order chi connectivity index (χ0) is 16.4. The molecule has 6 heteroatoms. The summed E-state index contributed by atoms with van der Waals surface area (Å²) in [5, 5.41) is 2.90. The van der Waals surface area contributed by atoms with Gasteiger partial charge in [0.15, 0.2) is 0 Å². The first kappa shape index (κ1) is 15.8. The second-order valence-corrected chi connectivity index (χ2v) is 6.47. The van der Waals surface area contributed by atoms with Crippen LogP contribution in [0, 0.1) is 0 Å². The maximum absolute atomic E-state index is 12.6. The van der Waals surface area contributed by atoms with Gasteiger partial charge in [-0.1, -0.05) is 18.2 Å². The van der Waals surface area contributed by atoms with Crippen LogP contribution in [0.25, 0.3) is 0 Å². The molecule has 1 atom stereocenters. The molecule has 0 saturated carbocycles. The molecular weight excluding hydrogens is 294 g/mol. The van der Waals surface area contributed by atoms with E-state index in [1.54, 1.807) is 0 Å². The summed E-state index contributed by atoms with van der Waals surface area (Å²) in [5.41, 5.74) is -0.742. The first-order valence-corrected chi connectivity index (χ1v) is 8.08. The van der Waals surface area contributed by atoms with Gasteiger partial charge in [0.1, 0.15) is 17.9 Å². The normalized spacial score (nSPS) is 24.7. The predicted molar refractivity (Wildman–Crippen MR) is 86.2 cm³/mol. The Kier molecular flexibility index (Phi) is 4.26. The standard InChI is InChI=1S/C17H23N3O3/c1-13(2)20-15(21)17(18-16(20)22)8-9-19(12-17)10-11-23-14-6-4-3-5-7-14/h3-7,13H,8-12H2,1-2H3,(H,18,22). The van der Waals surface area contributed by atoms with Crippen molar-refractivity contribution in [3.05, 3.63) is 30.3 Å². The zero-order valence-corrected chi connectivity index (χ0v) is 13.6. The zero-order valence-electron chi connectivity index (χ0n) is 13.6. The van der Waals surface area contributed by atoms with Crippen molar-refractivity contribution >= 4 is 11.9 Å². The Morgan fingerprint density at radius 3 is 2.65 bits per heavy atom. The molecule has 0 aromatic heterocycles. The third kappa shape index (κ3) is 3.03. The Balaban J connectivity index is 1.54. The first-order valence-electron chi connectivity index (χ1n) is 8.08. The summed E-state index contributed by atoms with van der Waals surface area (Å²) in [6.45, 7) is 6.36. The van der Waals surface area contributed by atoms with Crippen LogP contribution < -0.4 is 10.1 Å². The van der Waals surface area contributed by atoms with E-state index in [1.807, 2.05) is 44.2 Å². The molecule has 1 aromatic rings. The molecule has 1 spiro atoms. The molecule has 0 radical (unpaired) electrons. The Morgan fingerprint density at radius 2 is 2.00 bits per heavy atom. The molecule has 1 unspecified atom stereocenters. The van der Waals surface area contributed by atoms with E-state index in [1.165, 1.54) is 4.90 Å². The van der Waals surface area contributed by atoms with E-state index < -0.39 is 5.54 Å². The highest BCUT2D eigenvalue weighted by Gasteiger charge is 2.55. The lowest BCUT2D eigenvalue weighted by molar-refractivity contribution is -0.132. The molecule has 1 aromatic carbocycles. The summed E-state index contributed by atoms with van der Waals surface area (Å²) in [4.78, 5) is 28.2. The van der Waals surface area contributed by atoms with Crippen LogP contribution in [0.2, 0.25) is 0 Å². The van der Waals surface area contributed by atoms with Crippen molar-refractivity contribution in [1.29, 1.82) is 0 Å². The Hall–Kier alpha value is -2.08. The molecule has 2 saturated heterocycles. The number of para-hydroxylation sites is 1. The second-order valence-electron chi connectivity index (χ2n) is 6.47. The maximum atomic E-state index is 12.6. The molecule has 3 amide bonds. The minimum absolute atomic E-state index is 0.0935. The number of ether oxygens (including phenoxy) is 1. The Morgan fingerprint density at radius 1 is 1.26 bits per heavy atom. The smallest absolute Gasteiger partial charge is 0.325 e. The van der Waals surface area contributed by atoms with Crippen molar-refractivity contribution < 1.29 is 14.3 Å². The predicted octanol–water partition coefficient (Wildman–Crippen LogP) is 1.47. The molecule has 0 aliphatic carbocycles. The molecule has 2 heterocycles. The molecule has 1 N–H and O–H groups in total. The third-order valence-electron chi connectivity index (χ3n) is 4.48.